The Balaban J connectivity index is 2.69. The second-order valence-electron chi connectivity index (χ2n) is 2.94. The third-order valence-corrected chi connectivity index (χ3v) is 2.82. The van der Waals surface area contributed by atoms with E-state index in [9.17, 15) is 4.79 Å². The number of aromatic amines is 1. The second-order valence-corrected chi connectivity index (χ2v) is 3.73. The number of hydrogen-bond acceptors (Lipinski definition) is 4. The van der Waals surface area contributed by atoms with E-state index in [0.29, 0.717) is 21.5 Å². The first-order valence-corrected chi connectivity index (χ1v) is 4.95. The van der Waals surface area contributed by atoms with E-state index in [1.165, 1.54) is 7.11 Å². The van der Waals surface area contributed by atoms with Gasteiger partial charge in [-0.2, -0.15) is 0 Å². The third kappa shape index (κ3) is 1.56. The highest BCUT2D eigenvalue weighted by molar-refractivity contribution is 9.10. The highest BCUT2D eigenvalue weighted by atomic mass is 79.9. The predicted molar refractivity (Wildman–Crippen MR) is 59.5 cm³/mol. The van der Waals surface area contributed by atoms with Crippen molar-refractivity contribution in [1.82, 2.24) is 9.97 Å². The molecule has 0 unspecified atom stereocenters. The molecule has 0 aliphatic rings. The minimum Gasteiger partial charge on any atom is -0.465 e. The first kappa shape index (κ1) is 9.97. The van der Waals surface area contributed by atoms with Crippen LogP contribution in [0.2, 0.25) is 0 Å². The van der Waals surface area contributed by atoms with E-state index in [-0.39, 0.29) is 0 Å². The summed E-state index contributed by atoms with van der Waals surface area (Å²) < 4.78 is 5.22. The Labute approximate surface area is 93.8 Å². The number of esters is 1. The molecule has 1 aromatic carbocycles. The molecule has 6 heteroatoms. The first-order valence-electron chi connectivity index (χ1n) is 4.15. The molecule has 2 aromatic rings. The second kappa shape index (κ2) is 3.54. The number of halogens is 1. The van der Waals surface area contributed by atoms with Crippen molar-refractivity contribution in [2.45, 2.75) is 0 Å². The molecule has 0 aliphatic heterocycles. The Morgan fingerprint density at radius 1 is 1.60 bits per heavy atom. The lowest BCUT2D eigenvalue weighted by molar-refractivity contribution is 0.0600. The molecule has 0 aliphatic carbocycles. The Morgan fingerprint density at radius 2 is 2.33 bits per heavy atom. The summed E-state index contributed by atoms with van der Waals surface area (Å²) in [6.45, 7) is 0. The number of nitrogens with one attached hydrogen (secondary N) is 1. The van der Waals surface area contributed by atoms with Gasteiger partial charge in [0.25, 0.3) is 0 Å². The minimum absolute atomic E-state index is 0.313. The zero-order valence-electron chi connectivity index (χ0n) is 7.87. The SMILES string of the molecule is COC(=O)c1ccc2[nH]c(N)nc2c1Br. The van der Waals surface area contributed by atoms with Gasteiger partial charge in [0.05, 0.1) is 22.7 Å². The highest BCUT2D eigenvalue weighted by Crippen LogP contribution is 2.27. The van der Waals surface area contributed by atoms with Crippen molar-refractivity contribution in [3.63, 3.8) is 0 Å². The quantitative estimate of drug-likeness (QED) is 0.773. The van der Waals surface area contributed by atoms with Crippen LogP contribution in [0.3, 0.4) is 0 Å². The number of aromatic nitrogens is 2. The van der Waals surface area contributed by atoms with Gasteiger partial charge < -0.3 is 15.5 Å². The number of nitrogen functional groups attached to an aromatic ring is 1. The molecule has 0 radical (unpaired) electrons. The first-order chi connectivity index (χ1) is 7.13. The maximum atomic E-state index is 11.4. The van der Waals surface area contributed by atoms with Crippen molar-refractivity contribution < 1.29 is 9.53 Å². The van der Waals surface area contributed by atoms with E-state index >= 15 is 0 Å². The Hall–Kier alpha value is -1.56. The van der Waals surface area contributed by atoms with Crippen molar-refractivity contribution in [1.29, 1.82) is 0 Å². The number of methoxy groups -OCH3 is 1. The molecule has 0 spiro atoms. The van der Waals surface area contributed by atoms with Crippen LogP contribution < -0.4 is 5.73 Å². The molecule has 1 aromatic heterocycles. The number of imidazole rings is 1. The summed E-state index contributed by atoms with van der Waals surface area (Å²) in [5.41, 5.74) is 7.33. The van der Waals surface area contributed by atoms with Gasteiger partial charge in [0.2, 0.25) is 0 Å². The molecule has 5 nitrogen and oxygen atoms in total. The van der Waals surface area contributed by atoms with Gasteiger partial charge in [-0.15, -0.1) is 0 Å². The molecule has 0 amide bonds. The average molecular weight is 270 g/mol. The van der Waals surface area contributed by atoms with Gasteiger partial charge in [0, 0.05) is 0 Å². The van der Waals surface area contributed by atoms with Crippen LogP contribution >= 0.6 is 15.9 Å². The molecule has 2 rings (SSSR count). The van der Waals surface area contributed by atoms with Gasteiger partial charge >= 0.3 is 5.97 Å². The molecule has 15 heavy (non-hydrogen) atoms. The molecular formula is C9H8BrN3O2. The van der Waals surface area contributed by atoms with Crippen LogP contribution in [0.5, 0.6) is 0 Å². The molecule has 0 saturated heterocycles. The summed E-state index contributed by atoms with van der Waals surface area (Å²) in [7, 11) is 1.33. The lowest BCUT2D eigenvalue weighted by Crippen LogP contribution is -2.02. The van der Waals surface area contributed by atoms with E-state index < -0.39 is 5.97 Å². The normalized spacial score (nSPS) is 10.5. The van der Waals surface area contributed by atoms with Crippen LogP contribution in [-0.4, -0.2) is 23.0 Å². The maximum absolute atomic E-state index is 11.4. The average Bonchev–Trinajstić information content (AvgIpc) is 2.59. The molecule has 0 atom stereocenters. The fourth-order valence-electron chi connectivity index (χ4n) is 1.33. The van der Waals surface area contributed by atoms with E-state index in [1.807, 2.05) is 0 Å². The number of carbonyl (C=O) groups excluding carboxylic acids is 1. The number of rotatable bonds is 1. The molecule has 0 saturated carbocycles. The Kier molecular flexibility index (Phi) is 2.36. The number of nitrogens with zero attached hydrogens (tertiary/aromatic N) is 1. The van der Waals surface area contributed by atoms with Crippen LogP contribution in [0.4, 0.5) is 5.95 Å². The minimum atomic E-state index is -0.412. The smallest absolute Gasteiger partial charge is 0.339 e. The summed E-state index contributed by atoms with van der Waals surface area (Å²) in [4.78, 5) is 18.3. The number of hydrogen-bond donors (Lipinski definition) is 2. The molecular weight excluding hydrogens is 262 g/mol. The largest absolute Gasteiger partial charge is 0.465 e. The van der Waals surface area contributed by atoms with Crippen LogP contribution in [0.25, 0.3) is 11.0 Å². The molecule has 3 N–H and O–H groups in total. The predicted octanol–water partition coefficient (Wildman–Crippen LogP) is 1.69. The fraction of sp³-hybridized carbons (Fsp3) is 0.111. The monoisotopic (exact) mass is 269 g/mol. The zero-order chi connectivity index (χ0) is 11.0. The molecule has 78 valence electrons. The van der Waals surface area contributed by atoms with Gasteiger partial charge in [-0.3, -0.25) is 0 Å². The standard InChI is InChI=1S/C9H8BrN3O2/c1-15-8(14)4-2-3-5-7(6(4)10)13-9(11)12-5/h2-3H,1H3,(H3,11,12,13). The van der Waals surface area contributed by atoms with Crippen LogP contribution in [0, 0.1) is 0 Å². The van der Waals surface area contributed by atoms with Crippen LogP contribution in [0.15, 0.2) is 16.6 Å². The zero-order valence-corrected chi connectivity index (χ0v) is 9.46. The number of anilines is 1. The van der Waals surface area contributed by atoms with Crippen molar-refractivity contribution in [3.8, 4) is 0 Å². The molecule has 0 bridgehead atoms. The van der Waals surface area contributed by atoms with Crippen molar-refractivity contribution >= 4 is 38.9 Å². The van der Waals surface area contributed by atoms with Gasteiger partial charge in [0.15, 0.2) is 5.95 Å². The van der Waals surface area contributed by atoms with Gasteiger partial charge in [-0.1, -0.05) is 0 Å². The summed E-state index contributed by atoms with van der Waals surface area (Å²) in [5.74, 6) is -0.0990. The fourth-order valence-corrected chi connectivity index (χ4v) is 1.92. The number of carbonyl (C=O) groups is 1. The highest BCUT2D eigenvalue weighted by Gasteiger charge is 2.14. The van der Waals surface area contributed by atoms with E-state index in [4.69, 9.17) is 5.73 Å². The lowest BCUT2D eigenvalue weighted by Gasteiger charge is -2.01. The van der Waals surface area contributed by atoms with E-state index in [2.05, 4.69) is 30.6 Å². The van der Waals surface area contributed by atoms with Crippen molar-refractivity contribution in [3.05, 3.63) is 22.2 Å². The Morgan fingerprint density at radius 3 is 3.00 bits per heavy atom. The van der Waals surface area contributed by atoms with Crippen molar-refractivity contribution in [2.75, 3.05) is 12.8 Å². The van der Waals surface area contributed by atoms with Crippen LogP contribution in [0.1, 0.15) is 10.4 Å². The van der Waals surface area contributed by atoms with E-state index in [0.717, 1.165) is 5.52 Å². The summed E-state index contributed by atoms with van der Waals surface area (Å²) >= 11 is 3.30. The van der Waals surface area contributed by atoms with Gasteiger partial charge in [0.1, 0.15) is 5.52 Å². The van der Waals surface area contributed by atoms with Crippen molar-refractivity contribution in [2.24, 2.45) is 0 Å². The number of nitrogens with two attached hydrogens (primary N) is 1. The lowest BCUT2D eigenvalue weighted by atomic mass is 10.2. The Bertz CT molecular complexity index is 535. The number of ether oxygens (including phenoxy) is 1. The third-order valence-electron chi connectivity index (χ3n) is 2.02. The van der Waals surface area contributed by atoms with Gasteiger partial charge in [-0.05, 0) is 28.1 Å². The summed E-state index contributed by atoms with van der Waals surface area (Å²) in [5, 5.41) is 0. The topological polar surface area (TPSA) is 81.0 Å². The maximum Gasteiger partial charge on any atom is 0.339 e. The summed E-state index contributed by atoms with van der Waals surface area (Å²) in [6.07, 6.45) is 0. The van der Waals surface area contributed by atoms with Crippen LogP contribution in [-0.2, 0) is 4.74 Å². The summed E-state index contributed by atoms with van der Waals surface area (Å²) in [6, 6.07) is 3.38. The molecule has 1 heterocycles. The number of benzene rings is 1. The van der Waals surface area contributed by atoms with Gasteiger partial charge in [-0.25, -0.2) is 9.78 Å². The number of H-pyrrole nitrogens is 1. The molecule has 0 fully saturated rings. The number of fused-ring (bicyclic) bond motifs is 1. The van der Waals surface area contributed by atoms with E-state index in [1.54, 1.807) is 12.1 Å².